The van der Waals surface area contributed by atoms with Gasteiger partial charge >= 0.3 is 5.97 Å². The predicted molar refractivity (Wildman–Crippen MR) is 85.8 cm³/mol. The molecule has 1 aromatic heterocycles. The molecule has 0 fully saturated rings. The molecular weight excluding hydrogens is 262 g/mol. The molecule has 21 heavy (non-hydrogen) atoms. The molecule has 0 spiro atoms. The number of ether oxygens (including phenoxy) is 1. The Hall–Kier alpha value is -2.55. The zero-order valence-electron chi connectivity index (χ0n) is 12.2. The Labute approximate surface area is 123 Å². The molecule has 0 atom stereocenters. The van der Waals surface area contributed by atoms with Crippen LogP contribution in [0.3, 0.4) is 0 Å². The van der Waals surface area contributed by atoms with Crippen LogP contribution in [0.2, 0.25) is 0 Å². The molecule has 0 saturated heterocycles. The molecule has 3 rings (SSSR count). The van der Waals surface area contributed by atoms with Gasteiger partial charge in [0.1, 0.15) is 0 Å². The fourth-order valence-corrected chi connectivity index (χ4v) is 2.89. The number of H-pyrrole nitrogens is 1. The number of allylic oxidation sites excluding steroid dienone is 1. The average molecular weight is 279 g/mol. The van der Waals surface area contributed by atoms with Gasteiger partial charge in [0.25, 0.3) is 0 Å². The number of aryl methyl sites for hydroxylation is 1. The summed E-state index contributed by atoms with van der Waals surface area (Å²) < 4.78 is 4.93. The third-order valence-electron chi connectivity index (χ3n) is 3.94. The highest BCUT2D eigenvalue weighted by Gasteiger charge is 2.18. The molecule has 106 valence electrons. The van der Waals surface area contributed by atoms with Crippen LogP contribution < -0.4 is 0 Å². The van der Waals surface area contributed by atoms with Crippen LogP contribution in [0.25, 0.3) is 21.8 Å². The number of carbonyl (C=O) groups excluding carboxylic acids is 1. The lowest BCUT2D eigenvalue weighted by atomic mass is 9.95. The highest BCUT2D eigenvalue weighted by Crippen LogP contribution is 2.32. The van der Waals surface area contributed by atoms with Gasteiger partial charge in [-0.1, -0.05) is 24.3 Å². The summed E-state index contributed by atoms with van der Waals surface area (Å²) in [7, 11) is 1.41. The van der Waals surface area contributed by atoms with Crippen molar-refractivity contribution in [1.82, 2.24) is 4.98 Å². The molecule has 0 bridgehead atoms. The second-order valence-electron chi connectivity index (χ2n) is 5.11. The number of hydrogen-bond donors (Lipinski definition) is 1. The number of fused-ring (bicyclic) bond motifs is 3. The summed E-state index contributed by atoms with van der Waals surface area (Å²) >= 11 is 0. The third kappa shape index (κ3) is 2.02. The van der Waals surface area contributed by atoms with E-state index in [-0.39, 0.29) is 5.97 Å². The van der Waals surface area contributed by atoms with Crippen molar-refractivity contribution >= 4 is 27.8 Å². The summed E-state index contributed by atoms with van der Waals surface area (Å²) in [5.74, 6) is -0.304. The average Bonchev–Trinajstić information content (AvgIpc) is 2.88. The molecule has 0 radical (unpaired) electrons. The smallest absolute Gasteiger partial charge is 0.338 e. The monoisotopic (exact) mass is 279 g/mol. The van der Waals surface area contributed by atoms with E-state index in [4.69, 9.17) is 4.74 Å². The van der Waals surface area contributed by atoms with Gasteiger partial charge in [-0.15, -0.1) is 6.58 Å². The van der Waals surface area contributed by atoms with Crippen molar-refractivity contribution in [2.45, 2.75) is 13.3 Å². The first kappa shape index (κ1) is 13.4. The van der Waals surface area contributed by atoms with E-state index in [1.165, 1.54) is 7.11 Å². The quantitative estimate of drug-likeness (QED) is 0.578. The minimum atomic E-state index is -0.304. The number of benzene rings is 2. The molecular formula is C18H17NO2. The first-order chi connectivity index (χ1) is 10.2. The lowest BCUT2D eigenvalue weighted by Gasteiger charge is -2.11. The van der Waals surface area contributed by atoms with E-state index >= 15 is 0 Å². The van der Waals surface area contributed by atoms with E-state index in [0.29, 0.717) is 12.0 Å². The van der Waals surface area contributed by atoms with Crippen molar-refractivity contribution in [3.63, 3.8) is 0 Å². The van der Waals surface area contributed by atoms with Gasteiger partial charge in [0, 0.05) is 21.8 Å². The van der Waals surface area contributed by atoms with Crippen LogP contribution in [0.5, 0.6) is 0 Å². The van der Waals surface area contributed by atoms with Gasteiger partial charge in [-0.2, -0.15) is 0 Å². The minimum Gasteiger partial charge on any atom is -0.465 e. The largest absolute Gasteiger partial charge is 0.465 e. The molecule has 0 aliphatic rings. The fourth-order valence-electron chi connectivity index (χ4n) is 2.89. The number of para-hydroxylation sites is 1. The maximum Gasteiger partial charge on any atom is 0.338 e. The van der Waals surface area contributed by atoms with E-state index in [1.54, 1.807) is 0 Å². The van der Waals surface area contributed by atoms with Crippen LogP contribution in [0.15, 0.2) is 43.0 Å². The van der Waals surface area contributed by atoms with Crippen molar-refractivity contribution in [1.29, 1.82) is 0 Å². The summed E-state index contributed by atoms with van der Waals surface area (Å²) in [4.78, 5) is 15.5. The van der Waals surface area contributed by atoms with Crippen molar-refractivity contribution in [2.24, 2.45) is 0 Å². The van der Waals surface area contributed by atoms with Crippen LogP contribution >= 0.6 is 0 Å². The van der Waals surface area contributed by atoms with E-state index in [1.807, 2.05) is 37.3 Å². The second kappa shape index (κ2) is 5.09. The number of nitrogens with one attached hydrogen (secondary N) is 1. The van der Waals surface area contributed by atoms with Gasteiger partial charge in [-0.3, -0.25) is 0 Å². The van der Waals surface area contributed by atoms with Gasteiger partial charge in [0.2, 0.25) is 0 Å². The summed E-state index contributed by atoms with van der Waals surface area (Å²) in [6.07, 6.45) is 2.45. The molecule has 0 aliphatic carbocycles. The molecule has 3 heteroatoms. The molecule has 1 N–H and O–H groups in total. The fraction of sp³-hybridized carbons (Fsp3) is 0.167. The molecule has 0 amide bonds. The number of hydrogen-bond acceptors (Lipinski definition) is 2. The number of aromatic nitrogens is 1. The third-order valence-corrected chi connectivity index (χ3v) is 3.94. The highest BCUT2D eigenvalue weighted by molar-refractivity contribution is 6.11. The Kier molecular flexibility index (Phi) is 3.26. The number of carbonyl (C=O) groups is 1. The number of aromatic amines is 1. The van der Waals surface area contributed by atoms with Crippen molar-refractivity contribution in [3.8, 4) is 0 Å². The minimum absolute atomic E-state index is 0.304. The zero-order chi connectivity index (χ0) is 15.0. The van der Waals surface area contributed by atoms with Gasteiger partial charge in [-0.05, 0) is 36.6 Å². The molecule has 0 aliphatic heterocycles. The Morgan fingerprint density at radius 2 is 2.10 bits per heavy atom. The summed E-state index contributed by atoms with van der Waals surface area (Å²) in [5.41, 5.74) is 4.80. The summed E-state index contributed by atoms with van der Waals surface area (Å²) in [5, 5.41) is 2.17. The molecule has 0 unspecified atom stereocenters. The van der Waals surface area contributed by atoms with E-state index in [2.05, 4.69) is 17.6 Å². The first-order valence-corrected chi connectivity index (χ1v) is 6.89. The van der Waals surface area contributed by atoms with Crippen LogP contribution in [0.1, 0.15) is 21.5 Å². The highest BCUT2D eigenvalue weighted by atomic mass is 16.5. The van der Waals surface area contributed by atoms with Crippen molar-refractivity contribution < 1.29 is 9.53 Å². The molecule has 3 nitrogen and oxygen atoms in total. The Morgan fingerprint density at radius 1 is 1.33 bits per heavy atom. The first-order valence-electron chi connectivity index (χ1n) is 6.89. The zero-order valence-corrected chi connectivity index (χ0v) is 12.2. The Bertz CT molecular complexity index is 858. The van der Waals surface area contributed by atoms with Crippen LogP contribution in [-0.2, 0) is 11.2 Å². The van der Waals surface area contributed by atoms with Crippen LogP contribution in [-0.4, -0.2) is 18.1 Å². The number of esters is 1. The van der Waals surface area contributed by atoms with Gasteiger partial charge in [0.15, 0.2) is 0 Å². The SMILES string of the molecule is C=CCc1c(C(=O)OC)cc2c([nH]c3ccccc32)c1C. The molecule has 1 heterocycles. The van der Waals surface area contributed by atoms with Gasteiger partial charge < -0.3 is 9.72 Å². The van der Waals surface area contributed by atoms with Crippen LogP contribution in [0.4, 0.5) is 0 Å². The second-order valence-corrected chi connectivity index (χ2v) is 5.11. The van der Waals surface area contributed by atoms with E-state index in [0.717, 1.165) is 32.9 Å². The maximum absolute atomic E-state index is 12.1. The van der Waals surface area contributed by atoms with Crippen molar-refractivity contribution in [2.75, 3.05) is 7.11 Å². The maximum atomic E-state index is 12.1. The molecule has 3 aromatic rings. The normalized spacial score (nSPS) is 11.0. The van der Waals surface area contributed by atoms with E-state index in [9.17, 15) is 4.79 Å². The number of rotatable bonds is 3. The lowest BCUT2D eigenvalue weighted by molar-refractivity contribution is 0.0600. The molecule has 0 saturated carbocycles. The number of methoxy groups -OCH3 is 1. The summed E-state index contributed by atoms with van der Waals surface area (Å²) in [6.45, 7) is 5.81. The lowest BCUT2D eigenvalue weighted by Crippen LogP contribution is -2.07. The van der Waals surface area contributed by atoms with Crippen molar-refractivity contribution in [3.05, 3.63) is 59.7 Å². The topological polar surface area (TPSA) is 42.1 Å². The van der Waals surface area contributed by atoms with E-state index < -0.39 is 0 Å². The predicted octanol–water partition coefficient (Wildman–Crippen LogP) is 4.14. The Morgan fingerprint density at radius 3 is 2.81 bits per heavy atom. The van der Waals surface area contributed by atoms with Gasteiger partial charge in [-0.25, -0.2) is 4.79 Å². The molecule has 2 aromatic carbocycles. The summed E-state index contributed by atoms with van der Waals surface area (Å²) in [6, 6.07) is 10.0. The van der Waals surface area contributed by atoms with Crippen LogP contribution in [0, 0.1) is 6.92 Å². The Balaban J connectivity index is 2.43. The van der Waals surface area contributed by atoms with Gasteiger partial charge in [0.05, 0.1) is 12.7 Å². The standard InChI is InChI=1S/C18H17NO2/c1-4-7-12-11(2)17-14(10-15(12)18(20)21-3)13-8-5-6-9-16(13)19-17/h4-6,8-10,19H,1,7H2,2-3H3.